The van der Waals surface area contributed by atoms with Crippen LogP contribution in [-0.2, 0) is 12.7 Å². The van der Waals surface area contributed by atoms with E-state index >= 15 is 0 Å². The van der Waals surface area contributed by atoms with Gasteiger partial charge >= 0.3 is 12.3 Å². The highest BCUT2D eigenvalue weighted by atomic mass is 19.4. The molecule has 1 amide bonds. The molecule has 1 saturated carbocycles. The van der Waals surface area contributed by atoms with Gasteiger partial charge in [-0.25, -0.2) is 19.2 Å². The Balaban J connectivity index is 1.55. The van der Waals surface area contributed by atoms with Crippen LogP contribution in [0.4, 0.5) is 22.4 Å². The minimum Gasteiger partial charge on any atom is -0.465 e. The van der Waals surface area contributed by atoms with Gasteiger partial charge in [-0.15, -0.1) is 0 Å². The van der Waals surface area contributed by atoms with E-state index in [0.29, 0.717) is 37.2 Å². The van der Waals surface area contributed by atoms with Crippen LogP contribution in [0.5, 0.6) is 0 Å². The van der Waals surface area contributed by atoms with Gasteiger partial charge in [0.2, 0.25) is 0 Å². The van der Waals surface area contributed by atoms with E-state index in [9.17, 15) is 27.2 Å². The SMILES string of the molecule is O=C(O)NC1(CCCn2ccc3cc(-c4ncc(C(F)(F)F)cn4)c(F)cc3c2=O)CC1. The summed E-state index contributed by atoms with van der Waals surface area (Å²) in [7, 11) is 0. The summed E-state index contributed by atoms with van der Waals surface area (Å²) in [5.41, 5.74) is -2.00. The summed E-state index contributed by atoms with van der Waals surface area (Å²) >= 11 is 0. The van der Waals surface area contributed by atoms with Crippen LogP contribution in [0.1, 0.15) is 31.2 Å². The fourth-order valence-electron chi connectivity index (χ4n) is 3.67. The van der Waals surface area contributed by atoms with Crippen molar-refractivity contribution >= 4 is 16.9 Å². The van der Waals surface area contributed by atoms with E-state index in [-0.39, 0.29) is 16.8 Å². The van der Waals surface area contributed by atoms with Crippen LogP contribution in [0.15, 0.2) is 41.6 Å². The first-order valence-corrected chi connectivity index (χ1v) is 9.81. The summed E-state index contributed by atoms with van der Waals surface area (Å²) in [4.78, 5) is 30.8. The van der Waals surface area contributed by atoms with Crippen molar-refractivity contribution in [2.24, 2.45) is 0 Å². The lowest BCUT2D eigenvalue weighted by molar-refractivity contribution is -0.138. The first kappa shape index (κ1) is 21.7. The average molecular weight is 450 g/mol. The molecule has 168 valence electrons. The number of aryl methyl sites for hydroxylation is 1. The van der Waals surface area contributed by atoms with Gasteiger partial charge in [-0.2, -0.15) is 13.2 Å². The zero-order chi connectivity index (χ0) is 23.1. The summed E-state index contributed by atoms with van der Waals surface area (Å²) in [6.45, 7) is 0.337. The number of alkyl halides is 3. The molecule has 0 unspecified atom stereocenters. The smallest absolute Gasteiger partial charge is 0.419 e. The van der Waals surface area contributed by atoms with Crippen molar-refractivity contribution in [3.63, 3.8) is 0 Å². The third-order valence-electron chi connectivity index (χ3n) is 5.56. The van der Waals surface area contributed by atoms with Crippen molar-refractivity contribution in [2.75, 3.05) is 0 Å². The van der Waals surface area contributed by atoms with Gasteiger partial charge in [-0.1, -0.05) is 0 Å². The van der Waals surface area contributed by atoms with Crippen molar-refractivity contribution in [3.8, 4) is 11.4 Å². The van der Waals surface area contributed by atoms with Gasteiger partial charge in [0.1, 0.15) is 5.82 Å². The molecule has 0 saturated heterocycles. The van der Waals surface area contributed by atoms with Gasteiger partial charge in [0.05, 0.1) is 16.5 Å². The molecule has 2 aromatic heterocycles. The van der Waals surface area contributed by atoms with E-state index in [1.54, 1.807) is 12.3 Å². The number of carboxylic acid groups (broad SMARTS) is 1. The number of nitrogens with one attached hydrogen (secondary N) is 1. The van der Waals surface area contributed by atoms with Crippen LogP contribution >= 0.6 is 0 Å². The summed E-state index contributed by atoms with van der Waals surface area (Å²) in [5, 5.41) is 11.9. The van der Waals surface area contributed by atoms with Crippen LogP contribution in [0.2, 0.25) is 0 Å². The lowest BCUT2D eigenvalue weighted by Crippen LogP contribution is -2.36. The molecule has 1 aliphatic rings. The highest BCUT2D eigenvalue weighted by molar-refractivity contribution is 5.85. The Morgan fingerprint density at radius 3 is 2.50 bits per heavy atom. The second-order valence-electron chi connectivity index (χ2n) is 7.84. The maximum absolute atomic E-state index is 14.7. The minimum atomic E-state index is -4.60. The number of halogens is 4. The number of rotatable bonds is 6. The topological polar surface area (TPSA) is 97.1 Å². The minimum absolute atomic E-state index is 0.112. The molecule has 0 radical (unpaired) electrons. The normalized spacial score (nSPS) is 15.0. The monoisotopic (exact) mass is 450 g/mol. The number of nitrogens with zero attached hydrogens (tertiary/aromatic N) is 3. The third kappa shape index (κ3) is 4.41. The molecule has 2 N–H and O–H groups in total. The maximum atomic E-state index is 14.7. The highest BCUT2D eigenvalue weighted by Gasteiger charge is 2.43. The molecule has 1 aromatic carbocycles. The Labute approximate surface area is 178 Å². The summed E-state index contributed by atoms with van der Waals surface area (Å²) in [6, 6.07) is 3.96. The molecule has 4 rings (SSSR count). The maximum Gasteiger partial charge on any atom is 0.419 e. The number of hydrogen-bond donors (Lipinski definition) is 2. The Hall–Kier alpha value is -3.50. The Kier molecular flexibility index (Phi) is 5.35. The lowest BCUT2D eigenvalue weighted by atomic mass is 10.1. The molecule has 0 aliphatic heterocycles. The average Bonchev–Trinajstić information content (AvgIpc) is 3.48. The number of benzene rings is 1. The van der Waals surface area contributed by atoms with Gasteiger partial charge < -0.3 is 15.0 Å². The number of fused-ring (bicyclic) bond motifs is 1. The second-order valence-corrected chi connectivity index (χ2v) is 7.84. The first-order valence-electron chi connectivity index (χ1n) is 9.81. The van der Waals surface area contributed by atoms with Gasteiger partial charge in [-0.05, 0) is 49.3 Å². The van der Waals surface area contributed by atoms with Crippen LogP contribution in [0, 0.1) is 5.82 Å². The summed E-state index contributed by atoms with van der Waals surface area (Å²) < 4.78 is 54.2. The van der Waals surface area contributed by atoms with Crippen LogP contribution in [0.3, 0.4) is 0 Å². The molecule has 2 heterocycles. The van der Waals surface area contributed by atoms with Gasteiger partial charge in [-0.3, -0.25) is 4.79 Å². The zero-order valence-electron chi connectivity index (χ0n) is 16.6. The van der Waals surface area contributed by atoms with E-state index in [1.165, 1.54) is 10.6 Å². The molecule has 3 aromatic rings. The molecule has 1 aliphatic carbocycles. The number of pyridine rings is 1. The Morgan fingerprint density at radius 2 is 1.91 bits per heavy atom. The number of hydrogen-bond acceptors (Lipinski definition) is 4. The molecule has 0 atom stereocenters. The van der Waals surface area contributed by atoms with Gasteiger partial charge in [0, 0.05) is 30.7 Å². The highest BCUT2D eigenvalue weighted by Crippen LogP contribution is 2.39. The molecular weight excluding hydrogens is 432 g/mol. The largest absolute Gasteiger partial charge is 0.465 e. The van der Waals surface area contributed by atoms with Crippen LogP contribution in [-0.4, -0.2) is 31.3 Å². The lowest BCUT2D eigenvalue weighted by Gasteiger charge is -2.15. The Bertz CT molecular complexity index is 1230. The second kappa shape index (κ2) is 7.88. The van der Waals surface area contributed by atoms with E-state index in [2.05, 4.69) is 15.3 Å². The van der Waals surface area contributed by atoms with Gasteiger partial charge in [0.25, 0.3) is 5.56 Å². The molecular formula is C21H18F4N4O3. The van der Waals surface area contributed by atoms with Crippen molar-refractivity contribution in [1.82, 2.24) is 19.9 Å². The van der Waals surface area contributed by atoms with Crippen molar-refractivity contribution < 1.29 is 27.5 Å². The zero-order valence-corrected chi connectivity index (χ0v) is 16.6. The molecule has 0 spiro atoms. The summed E-state index contributed by atoms with van der Waals surface area (Å²) in [6.07, 6.45) is -0.315. The van der Waals surface area contributed by atoms with Crippen molar-refractivity contribution in [2.45, 2.75) is 43.9 Å². The molecule has 1 fully saturated rings. The van der Waals surface area contributed by atoms with E-state index in [0.717, 1.165) is 18.9 Å². The predicted octanol–water partition coefficient (Wildman–Crippen LogP) is 4.20. The summed E-state index contributed by atoms with van der Waals surface area (Å²) in [5.74, 6) is -1.04. The first-order chi connectivity index (χ1) is 15.1. The van der Waals surface area contributed by atoms with Gasteiger partial charge in [0.15, 0.2) is 5.82 Å². The van der Waals surface area contributed by atoms with Crippen molar-refractivity contribution in [1.29, 1.82) is 0 Å². The predicted molar refractivity (Wildman–Crippen MR) is 107 cm³/mol. The van der Waals surface area contributed by atoms with Crippen LogP contribution < -0.4 is 10.9 Å². The number of carbonyl (C=O) groups is 1. The fraction of sp³-hybridized carbons (Fsp3) is 0.333. The molecule has 7 nitrogen and oxygen atoms in total. The molecule has 0 bridgehead atoms. The molecule has 32 heavy (non-hydrogen) atoms. The van der Waals surface area contributed by atoms with E-state index < -0.39 is 34.7 Å². The third-order valence-corrected chi connectivity index (χ3v) is 5.56. The Morgan fingerprint density at radius 1 is 1.22 bits per heavy atom. The number of amides is 1. The quantitative estimate of drug-likeness (QED) is 0.549. The molecule has 11 heteroatoms. The van der Waals surface area contributed by atoms with E-state index in [4.69, 9.17) is 5.11 Å². The van der Waals surface area contributed by atoms with E-state index in [1.807, 2.05) is 0 Å². The fourth-order valence-corrected chi connectivity index (χ4v) is 3.67. The standard InChI is InChI=1S/C21H18F4N4O3/c22-16-9-14-12(8-15(16)17-26-10-13(11-27-17)21(23,24)25)2-7-29(18(14)30)6-1-3-20(4-5-20)28-19(31)32/h2,7-11,28H,1,3-6H2,(H,31,32). The number of aromatic nitrogens is 3. The van der Waals surface area contributed by atoms with Crippen LogP contribution in [0.25, 0.3) is 22.2 Å². The van der Waals surface area contributed by atoms with Crippen molar-refractivity contribution in [3.05, 3.63) is 58.5 Å².